The number of carbonyl (C=O) groups is 1. The molecule has 1 atom stereocenters. The van der Waals surface area contributed by atoms with Gasteiger partial charge < -0.3 is 34.4 Å². The number of aliphatic hydroxyl groups is 1. The number of amides is 1. The number of pyridine rings is 1. The van der Waals surface area contributed by atoms with E-state index in [1.807, 2.05) is 66.9 Å². The number of alkyl carbamates (subject to hydrolysis) is 1. The van der Waals surface area contributed by atoms with Crippen molar-refractivity contribution in [3.63, 3.8) is 0 Å². The van der Waals surface area contributed by atoms with Gasteiger partial charge in [0.1, 0.15) is 12.2 Å². The van der Waals surface area contributed by atoms with Gasteiger partial charge in [-0.05, 0) is 24.3 Å². The van der Waals surface area contributed by atoms with Crippen molar-refractivity contribution in [1.29, 1.82) is 0 Å². The second-order valence-corrected chi connectivity index (χ2v) is 10.9. The molecule has 0 bridgehead atoms. The number of benzene rings is 3. The van der Waals surface area contributed by atoms with Crippen LogP contribution in [0.25, 0.3) is 54.4 Å². The lowest BCUT2D eigenvalue weighted by molar-refractivity contribution is -0.0422. The Morgan fingerprint density at radius 1 is 0.902 bits per heavy atom. The quantitative estimate of drug-likeness (QED) is 0.237. The third kappa shape index (κ3) is 3.52. The van der Waals surface area contributed by atoms with E-state index in [0.29, 0.717) is 13.0 Å². The predicted molar refractivity (Wildman–Crippen MR) is 158 cm³/mol. The molecule has 0 saturated heterocycles. The van der Waals surface area contributed by atoms with Gasteiger partial charge in [0.05, 0.1) is 29.5 Å². The average molecular weight is 546 g/mol. The summed E-state index contributed by atoms with van der Waals surface area (Å²) in [4.78, 5) is 20.0. The van der Waals surface area contributed by atoms with E-state index in [-0.39, 0.29) is 25.6 Å². The average Bonchev–Trinajstić information content (AvgIpc) is 3.60. The number of aromatic hydroxyl groups is 1. The number of aromatic amines is 1. The zero-order valence-electron chi connectivity index (χ0n) is 22.1. The fourth-order valence-electron chi connectivity index (χ4n) is 6.64. The minimum atomic E-state index is -1.40. The summed E-state index contributed by atoms with van der Waals surface area (Å²) < 4.78 is 9.89. The molecule has 1 aliphatic heterocycles. The molecule has 5 heterocycles. The van der Waals surface area contributed by atoms with Crippen molar-refractivity contribution >= 4 is 60.5 Å². The molecule has 0 spiro atoms. The zero-order chi connectivity index (χ0) is 27.7. The number of ether oxygens (including phenoxy) is 1. The molecule has 8 rings (SSSR count). The lowest BCUT2D eigenvalue weighted by Gasteiger charge is -2.28. The fraction of sp³-hybridized carbons (Fsp3) is 0.188. The Labute approximate surface area is 233 Å². The van der Waals surface area contributed by atoms with Crippen LogP contribution in [0.3, 0.4) is 0 Å². The molecule has 7 aromatic rings. The molecule has 0 radical (unpaired) electrons. The molecule has 4 N–H and O–H groups in total. The lowest BCUT2D eigenvalue weighted by atomic mass is 10.0. The van der Waals surface area contributed by atoms with Gasteiger partial charge in [0, 0.05) is 69.0 Å². The number of para-hydroxylation sites is 2. The zero-order valence-corrected chi connectivity index (χ0v) is 22.1. The SMILES string of the molecule is O=C(NCCc1ccccn1)OCC1(O)Cn2c3ccccc3c3c4c[nH]c(O)c4c4c5ccccc5n(c4c32)C1. The monoisotopic (exact) mass is 545 g/mol. The van der Waals surface area contributed by atoms with Gasteiger partial charge in [0.15, 0.2) is 5.88 Å². The van der Waals surface area contributed by atoms with Crippen molar-refractivity contribution in [2.24, 2.45) is 0 Å². The molecule has 1 unspecified atom stereocenters. The Bertz CT molecular complexity index is 2140. The summed E-state index contributed by atoms with van der Waals surface area (Å²) in [5, 5.41) is 31.6. The van der Waals surface area contributed by atoms with E-state index in [1.165, 1.54) is 0 Å². The number of rotatable bonds is 5. The Kier molecular flexibility index (Phi) is 5.08. The summed E-state index contributed by atoms with van der Waals surface area (Å²) in [7, 11) is 0. The maximum Gasteiger partial charge on any atom is 0.407 e. The van der Waals surface area contributed by atoms with Gasteiger partial charge in [-0.2, -0.15) is 0 Å². The third-order valence-corrected chi connectivity index (χ3v) is 8.30. The molecule has 0 aliphatic carbocycles. The van der Waals surface area contributed by atoms with E-state index in [4.69, 9.17) is 4.74 Å². The van der Waals surface area contributed by atoms with E-state index < -0.39 is 11.7 Å². The molecule has 0 fully saturated rings. The van der Waals surface area contributed by atoms with Crippen LogP contribution in [0.1, 0.15) is 5.69 Å². The summed E-state index contributed by atoms with van der Waals surface area (Å²) in [6.07, 6.45) is 3.58. The van der Waals surface area contributed by atoms with Gasteiger partial charge in [-0.25, -0.2) is 4.79 Å². The van der Waals surface area contributed by atoms with Crippen molar-refractivity contribution in [3.05, 3.63) is 84.8 Å². The molecule has 4 aromatic heterocycles. The predicted octanol–water partition coefficient (Wildman–Crippen LogP) is 5.20. The summed E-state index contributed by atoms with van der Waals surface area (Å²) in [6.45, 7) is 0.621. The summed E-state index contributed by atoms with van der Waals surface area (Å²) >= 11 is 0. The Morgan fingerprint density at radius 2 is 1.56 bits per heavy atom. The molecule has 1 aliphatic rings. The highest BCUT2D eigenvalue weighted by molar-refractivity contribution is 6.36. The van der Waals surface area contributed by atoms with Crippen LogP contribution >= 0.6 is 0 Å². The number of aromatic nitrogens is 4. The number of nitrogens with zero attached hydrogens (tertiary/aromatic N) is 3. The minimum absolute atomic E-state index is 0.117. The lowest BCUT2D eigenvalue weighted by Crippen LogP contribution is -2.44. The van der Waals surface area contributed by atoms with Gasteiger partial charge in [0.2, 0.25) is 0 Å². The first-order valence-corrected chi connectivity index (χ1v) is 13.7. The van der Waals surface area contributed by atoms with Crippen LogP contribution in [0.5, 0.6) is 5.88 Å². The maximum atomic E-state index is 12.7. The molecule has 3 aromatic carbocycles. The standard InChI is InChI=1S/C32H27N5O4/c38-30-27-22(15-35-30)25-20-8-1-3-10-23(20)36-16-32(40,18-41-31(39)34-14-12-19-7-5-6-13-33-19)17-37-24-11-4-2-9-21(24)26(27)29(37)28(25)36/h1-11,13,15,35,38,40H,12,14,16-18H2,(H,34,39). The number of fused-ring (bicyclic) bond motifs is 9. The van der Waals surface area contributed by atoms with Crippen molar-refractivity contribution in [2.45, 2.75) is 25.1 Å². The summed E-state index contributed by atoms with van der Waals surface area (Å²) in [5.41, 5.74) is 3.31. The van der Waals surface area contributed by atoms with E-state index in [9.17, 15) is 15.0 Å². The Morgan fingerprint density at radius 3 is 2.27 bits per heavy atom. The van der Waals surface area contributed by atoms with Crippen LogP contribution in [0.2, 0.25) is 0 Å². The van der Waals surface area contributed by atoms with Crippen LogP contribution in [-0.4, -0.2) is 54.2 Å². The molecule has 204 valence electrons. The molecule has 1 amide bonds. The third-order valence-electron chi connectivity index (χ3n) is 8.30. The molecule has 0 saturated carbocycles. The number of carbonyl (C=O) groups excluding carboxylic acids is 1. The highest BCUT2D eigenvalue weighted by Crippen LogP contribution is 2.48. The van der Waals surface area contributed by atoms with Crippen molar-refractivity contribution in [3.8, 4) is 5.88 Å². The largest absolute Gasteiger partial charge is 0.494 e. The van der Waals surface area contributed by atoms with Gasteiger partial charge >= 0.3 is 6.09 Å². The summed E-state index contributed by atoms with van der Waals surface area (Å²) in [6, 6.07) is 21.8. The van der Waals surface area contributed by atoms with Crippen molar-refractivity contribution in [2.75, 3.05) is 13.2 Å². The van der Waals surface area contributed by atoms with Crippen LogP contribution < -0.4 is 5.32 Å². The highest BCUT2D eigenvalue weighted by Gasteiger charge is 2.37. The highest BCUT2D eigenvalue weighted by atomic mass is 16.6. The number of hydrogen-bond acceptors (Lipinski definition) is 5. The maximum absolute atomic E-state index is 12.7. The smallest absolute Gasteiger partial charge is 0.407 e. The molecular weight excluding hydrogens is 518 g/mol. The van der Waals surface area contributed by atoms with E-state index in [2.05, 4.69) is 30.5 Å². The van der Waals surface area contributed by atoms with Crippen LogP contribution in [0, 0.1) is 0 Å². The van der Waals surface area contributed by atoms with E-state index in [0.717, 1.165) is 60.1 Å². The Balaban J connectivity index is 1.25. The number of H-pyrrole nitrogens is 1. The minimum Gasteiger partial charge on any atom is -0.494 e. The number of hydrogen-bond donors (Lipinski definition) is 4. The van der Waals surface area contributed by atoms with Crippen LogP contribution in [0.15, 0.2) is 79.1 Å². The second-order valence-electron chi connectivity index (χ2n) is 10.9. The van der Waals surface area contributed by atoms with Gasteiger partial charge in [-0.1, -0.05) is 42.5 Å². The van der Waals surface area contributed by atoms with Gasteiger partial charge in [0.25, 0.3) is 0 Å². The molecular formula is C32H27N5O4. The Hall–Kier alpha value is -5.02. The fourth-order valence-corrected chi connectivity index (χ4v) is 6.64. The first kappa shape index (κ1) is 23.8. The van der Waals surface area contributed by atoms with Gasteiger partial charge in [-0.3, -0.25) is 4.98 Å². The van der Waals surface area contributed by atoms with Gasteiger partial charge in [-0.15, -0.1) is 0 Å². The molecule has 9 nitrogen and oxygen atoms in total. The first-order chi connectivity index (χ1) is 20.0. The normalized spacial score (nSPS) is 16.8. The van der Waals surface area contributed by atoms with Crippen LogP contribution in [-0.2, 0) is 24.2 Å². The van der Waals surface area contributed by atoms with E-state index in [1.54, 1.807) is 6.20 Å². The first-order valence-electron chi connectivity index (χ1n) is 13.7. The number of nitrogens with one attached hydrogen (secondary N) is 2. The summed E-state index contributed by atoms with van der Waals surface area (Å²) in [5.74, 6) is 0.117. The molecule has 9 heteroatoms. The van der Waals surface area contributed by atoms with Crippen LogP contribution in [0.4, 0.5) is 4.79 Å². The second kappa shape index (κ2) is 8.74. The van der Waals surface area contributed by atoms with Crippen molar-refractivity contribution in [1.82, 2.24) is 24.4 Å². The topological polar surface area (TPSA) is 117 Å². The van der Waals surface area contributed by atoms with Crippen molar-refractivity contribution < 1.29 is 19.7 Å². The molecule has 41 heavy (non-hydrogen) atoms. The van der Waals surface area contributed by atoms with E-state index >= 15 is 0 Å².